The van der Waals surface area contributed by atoms with Crippen molar-refractivity contribution in [2.75, 3.05) is 25.2 Å². The zero-order valence-electron chi connectivity index (χ0n) is 13.8. The molecule has 2 aromatic rings. The summed E-state index contributed by atoms with van der Waals surface area (Å²) in [6, 6.07) is 10.6. The summed E-state index contributed by atoms with van der Waals surface area (Å²) >= 11 is 0. The smallest absolute Gasteiger partial charge is 0.260 e. The molecular formula is C18H19NO5S. The fraction of sp³-hybridized carbons (Fsp3) is 0.333. The lowest BCUT2D eigenvalue weighted by Crippen LogP contribution is -2.40. The second-order valence-electron chi connectivity index (χ2n) is 6.17. The van der Waals surface area contributed by atoms with Crippen LogP contribution in [-0.2, 0) is 14.6 Å². The summed E-state index contributed by atoms with van der Waals surface area (Å²) in [5, 5.41) is 1.68. The highest BCUT2D eigenvalue weighted by molar-refractivity contribution is 7.91. The van der Waals surface area contributed by atoms with Gasteiger partial charge in [0.2, 0.25) is 0 Å². The van der Waals surface area contributed by atoms with Crippen molar-refractivity contribution in [2.24, 2.45) is 0 Å². The van der Waals surface area contributed by atoms with Gasteiger partial charge in [-0.15, -0.1) is 0 Å². The Morgan fingerprint density at radius 2 is 2.04 bits per heavy atom. The molecule has 0 saturated carbocycles. The minimum absolute atomic E-state index is 0.00912. The molecule has 1 fully saturated rings. The molecule has 0 aromatic heterocycles. The number of aldehydes is 1. The summed E-state index contributed by atoms with van der Waals surface area (Å²) in [6.07, 6.45) is 1.16. The number of carbonyl (C=O) groups is 2. The molecule has 0 bridgehead atoms. The van der Waals surface area contributed by atoms with E-state index in [9.17, 15) is 18.0 Å². The molecule has 132 valence electrons. The summed E-state index contributed by atoms with van der Waals surface area (Å²) < 4.78 is 28.7. The molecule has 7 heteroatoms. The van der Waals surface area contributed by atoms with E-state index in [0.29, 0.717) is 17.7 Å². The minimum Gasteiger partial charge on any atom is -0.483 e. The van der Waals surface area contributed by atoms with E-state index in [1.807, 2.05) is 30.3 Å². The van der Waals surface area contributed by atoms with E-state index in [-0.39, 0.29) is 30.1 Å². The van der Waals surface area contributed by atoms with Crippen molar-refractivity contribution in [1.29, 1.82) is 0 Å². The standard InChI is InChI=1S/C18H19NO5S/c1-19(14-8-9-25(22,23)12-14)18(21)11-24-17-7-6-13-4-2-3-5-15(13)16(17)10-20/h2-7,10,14H,8-9,11-12H2,1H3/t14-/m1/s1. The van der Waals surface area contributed by atoms with Crippen molar-refractivity contribution < 1.29 is 22.7 Å². The van der Waals surface area contributed by atoms with E-state index in [2.05, 4.69) is 0 Å². The lowest BCUT2D eigenvalue weighted by molar-refractivity contribution is -0.133. The van der Waals surface area contributed by atoms with E-state index in [1.54, 1.807) is 13.1 Å². The van der Waals surface area contributed by atoms with Gasteiger partial charge in [-0.2, -0.15) is 0 Å². The third-order valence-corrected chi connectivity index (χ3v) is 6.30. The average Bonchev–Trinajstić information content (AvgIpc) is 2.98. The van der Waals surface area contributed by atoms with Gasteiger partial charge in [-0.1, -0.05) is 30.3 Å². The predicted molar refractivity (Wildman–Crippen MR) is 94.7 cm³/mol. The van der Waals surface area contributed by atoms with Crippen molar-refractivity contribution in [2.45, 2.75) is 12.5 Å². The number of sulfone groups is 1. The third kappa shape index (κ3) is 3.66. The normalized spacial score (nSPS) is 18.8. The molecular weight excluding hydrogens is 342 g/mol. The number of likely N-dealkylation sites (N-methyl/N-ethyl adjacent to an activating group) is 1. The highest BCUT2D eigenvalue weighted by Gasteiger charge is 2.32. The van der Waals surface area contributed by atoms with Gasteiger partial charge in [0.25, 0.3) is 5.91 Å². The molecule has 6 nitrogen and oxygen atoms in total. The highest BCUT2D eigenvalue weighted by Crippen LogP contribution is 2.26. The molecule has 1 atom stereocenters. The largest absolute Gasteiger partial charge is 0.483 e. The van der Waals surface area contributed by atoms with Gasteiger partial charge in [0.15, 0.2) is 22.7 Å². The highest BCUT2D eigenvalue weighted by atomic mass is 32.2. The first-order valence-electron chi connectivity index (χ1n) is 7.97. The molecule has 0 spiro atoms. The second-order valence-corrected chi connectivity index (χ2v) is 8.40. The number of hydrogen-bond donors (Lipinski definition) is 0. The molecule has 25 heavy (non-hydrogen) atoms. The molecule has 1 aliphatic heterocycles. The van der Waals surface area contributed by atoms with Gasteiger partial charge in [-0.25, -0.2) is 8.42 Å². The van der Waals surface area contributed by atoms with Crippen LogP contribution < -0.4 is 4.74 Å². The first kappa shape index (κ1) is 17.4. The van der Waals surface area contributed by atoms with Crippen molar-refractivity contribution in [3.63, 3.8) is 0 Å². The molecule has 3 rings (SSSR count). The summed E-state index contributed by atoms with van der Waals surface area (Å²) in [4.78, 5) is 25.2. The van der Waals surface area contributed by atoms with Crippen LogP contribution >= 0.6 is 0 Å². The van der Waals surface area contributed by atoms with Gasteiger partial charge in [0.1, 0.15) is 5.75 Å². The quantitative estimate of drug-likeness (QED) is 0.757. The number of amides is 1. The second kappa shape index (κ2) is 6.84. The summed E-state index contributed by atoms with van der Waals surface area (Å²) in [5.74, 6) is 0.127. The lowest BCUT2D eigenvalue weighted by Gasteiger charge is -2.23. The number of ether oxygens (including phenoxy) is 1. The Hall–Kier alpha value is -2.41. The zero-order chi connectivity index (χ0) is 18.0. The van der Waals surface area contributed by atoms with E-state index in [4.69, 9.17) is 4.74 Å². The van der Waals surface area contributed by atoms with Crippen LogP contribution in [0.3, 0.4) is 0 Å². The maximum atomic E-state index is 12.3. The molecule has 0 unspecified atom stereocenters. The summed E-state index contributed by atoms with van der Waals surface area (Å²) in [5.41, 5.74) is 0.400. The lowest BCUT2D eigenvalue weighted by atomic mass is 10.0. The SMILES string of the molecule is CN(C(=O)COc1ccc2ccccc2c1C=O)[C@@H]1CCS(=O)(=O)C1. The molecule has 1 amide bonds. The molecule has 2 aromatic carbocycles. The van der Waals surface area contributed by atoms with Gasteiger partial charge < -0.3 is 9.64 Å². The van der Waals surface area contributed by atoms with Gasteiger partial charge in [-0.05, 0) is 23.3 Å². The van der Waals surface area contributed by atoms with Crippen molar-refractivity contribution in [3.05, 3.63) is 42.0 Å². The Morgan fingerprint density at radius 3 is 2.72 bits per heavy atom. The fourth-order valence-corrected chi connectivity index (χ4v) is 4.82. The maximum absolute atomic E-state index is 12.3. The molecule has 0 N–H and O–H groups in total. The molecule has 0 radical (unpaired) electrons. The topological polar surface area (TPSA) is 80.8 Å². The zero-order valence-corrected chi connectivity index (χ0v) is 14.7. The Morgan fingerprint density at radius 1 is 1.28 bits per heavy atom. The van der Waals surface area contributed by atoms with Crippen LogP contribution in [0.15, 0.2) is 36.4 Å². The number of hydrogen-bond acceptors (Lipinski definition) is 5. The first-order chi connectivity index (χ1) is 11.9. The molecule has 1 aliphatic rings. The number of rotatable bonds is 5. The third-order valence-electron chi connectivity index (χ3n) is 4.55. The Labute approximate surface area is 146 Å². The number of fused-ring (bicyclic) bond motifs is 1. The summed E-state index contributed by atoms with van der Waals surface area (Å²) in [6.45, 7) is -0.244. The van der Waals surface area contributed by atoms with Crippen LogP contribution in [0.5, 0.6) is 5.75 Å². The van der Waals surface area contributed by atoms with Crippen LogP contribution in [0.4, 0.5) is 0 Å². The number of nitrogens with zero attached hydrogens (tertiary/aromatic N) is 1. The monoisotopic (exact) mass is 361 g/mol. The van der Waals surface area contributed by atoms with Crippen LogP contribution in [0.1, 0.15) is 16.8 Å². The van der Waals surface area contributed by atoms with Crippen LogP contribution in [-0.4, -0.2) is 56.7 Å². The summed E-state index contributed by atoms with van der Waals surface area (Å²) in [7, 11) is -1.48. The number of benzene rings is 2. The molecule has 1 heterocycles. The Bertz CT molecular complexity index is 922. The van der Waals surface area contributed by atoms with Crippen molar-refractivity contribution >= 4 is 32.8 Å². The number of carbonyl (C=O) groups excluding carboxylic acids is 2. The van der Waals surface area contributed by atoms with Crippen molar-refractivity contribution in [1.82, 2.24) is 4.90 Å². The van der Waals surface area contributed by atoms with Crippen molar-refractivity contribution in [3.8, 4) is 5.75 Å². The van der Waals surface area contributed by atoms with Crippen LogP contribution in [0.2, 0.25) is 0 Å². The van der Waals surface area contributed by atoms with E-state index < -0.39 is 9.84 Å². The van der Waals surface area contributed by atoms with E-state index in [0.717, 1.165) is 17.1 Å². The van der Waals surface area contributed by atoms with Gasteiger partial charge in [0, 0.05) is 13.1 Å². The molecule has 0 aliphatic carbocycles. The van der Waals surface area contributed by atoms with Crippen LogP contribution in [0.25, 0.3) is 10.8 Å². The van der Waals surface area contributed by atoms with E-state index >= 15 is 0 Å². The van der Waals surface area contributed by atoms with E-state index in [1.165, 1.54) is 4.90 Å². The fourth-order valence-electron chi connectivity index (χ4n) is 3.05. The van der Waals surface area contributed by atoms with Gasteiger partial charge in [-0.3, -0.25) is 9.59 Å². The molecule has 1 saturated heterocycles. The predicted octanol–water partition coefficient (Wildman–Crippen LogP) is 1.68. The first-order valence-corrected chi connectivity index (χ1v) is 9.79. The average molecular weight is 361 g/mol. The van der Waals surface area contributed by atoms with Gasteiger partial charge >= 0.3 is 0 Å². The van der Waals surface area contributed by atoms with Crippen LogP contribution in [0, 0.1) is 0 Å². The minimum atomic E-state index is -3.06. The maximum Gasteiger partial charge on any atom is 0.260 e. The Kier molecular flexibility index (Phi) is 4.76. The van der Waals surface area contributed by atoms with Gasteiger partial charge in [0.05, 0.1) is 17.1 Å². The Balaban J connectivity index is 1.72.